The molecule has 0 unspecified atom stereocenters. The lowest BCUT2D eigenvalue weighted by Crippen LogP contribution is -2.35. The van der Waals surface area contributed by atoms with Crippen LogP contribution >= 0.6 is 0 Å². The van der Waals surface area contributed by atoms with Crippen LogP contribution in [0, 0.1) is 5.82 Å². The number of halogens is 1. The van der Waals surface area contributed by atoms with Gasteiger partial charge in [-0.05, 0) is 19.1 Å². The highest BCUT2D eigenvalue weighted by molar-refractivity contribution is 5.76. The number of ether oxygens (including phenoxy) is 1. The third-order valence-electron chi connectivity index (χ3n) is 2.08. The molecule has 1 rings (SSSR count). The van der Waals surface area contributed by atoms with Crippen LogP contribution in [0.5, 0.6) is 5.75 Å². The lowest BCUT2D eigenvalue weighted by molar-refractivity contribution is -0.122. The first-order chi connectivity index (χ1) is 8.11. The summed E-state index contributed by atoms with van der Waals surface area (Å²) in [6, 6.07) is 5.48. The molecule has 0 fully saturated rings. The van der Waals surface area contributed by atoms with Crippen molar-refractivity contribution < 1.29 is 19.0 Å². The molecule has 94 valence electrons. The zero-order chi connectivity index (χ0) is 12.7. The zero-order valence-electron chi connectivity index (χ0n) is 9.65. The van der Waals surface area contributed by atoms with Crippen LogP contribution in [0.1, 0.15) is 13.3 Å². The minimum absolute atomic E-state index is 0.101. The van der Waals surface area contributed by atoms with Crippen LogP contribution in [0.25, 0.3) is 0 Å². The summed E-state index contributed by atoms with van der Waals surface area (Å²) in [5.41, 5.74) is 0. The second-order valence-electron chi connectivity index (χ2n) is 3.71. The normalized spacial score (nSPS) is 11.9. The van der Waals surface area contributed by atoms with E-state index in [1.54, 1.807) is 19.1 Å². The Morgan fingerprint density at radius 3 is 3.00 bits per heavy atom. The lowest BCUT2D eigenvalue weighted by atomic mass is 10.3. The summed E-state index contributed by atoms with van der Waals surface area (Å²) < 4.78 is 18.0. The van der Waals surface area contributed by atoms with Crippen molar-refractivity contribution in [2.45, 2.75) is 19.4 Å². The summed E-state index contributed by atoms with van der Waals surface area (Å²) in [5, 5.41) is 11.3. The van der Waals surface area contributed by atoms with Crippen molar-refractivity contribution >= 4 is 5.91 Å². The molecular weight excluding hydrogens is 225 g/mol. The van der Waals surface area contributed by atoms with E-state index in [9.17, 15) is 9.18 Å². The van der Waals surface area contributed by atoms with E-state index in [0.29, 0.717) is 5.75 Å². The highest BCUT2D eigenvalue weighted by Gasteiger charge is 2.06. The molecule has 0 aromatic heterocycles. The number of nitrogens with one attached hydrogen (secondary N) is 1. The molecule has 0 radical (unpaired) electrons. The fraction of sp³-hybridized carbons (Fsp3) is 0.417. The maximum Gasteiger partial charge on any atom is 0.223 e. The molecule has 0 aliphatic heterocycles. The molecule has 0 saturated carbocycles. The fourth-order valence-corrected chi connectivity index (χ4v) is 1.21. The number of carbonyl (C=O) groups is 1. The molecule has 1 aromatic carbocycles. The predicted octanol–water partition coefficient (Wildman–Crippen LogP) is 1.09. The van der Waals surface area contributed by atoms with Crippen LogP contribution in [0.2, 0.25) is 0 Å². The molecule has 0 aliphatic carbocycles. The smallest absolute Gasteiger partial charge is 0.223 e. The van der Waals surface area contributed by atoms with Gasteiger partial charge in [-0.15, -0.1) is 0 Å². The van der Waals surface area contributed by atoms with Gasteiger partial charge in [-0.3, -0.25) is 4.79 Å². The molecule has 0 bridgehead atoms. The third-order valence-corrected chi connectivity index (χ3v) is 2.08. The Morgan fingerprint density at radius 2 is 2.35 bits per heavy atom. The summed E-state index contributed by atoms with van der Waals surface area (Å²) in [6.07, 6.45) is 0.168. The number of hydrogen-bond donors (Lipinski definition) is 2. The average Bonchev–Trinajstić information content (AvgIpc) is 2.29. The highest BCUT2D eigenvalue weighted by atomic mass is 19.1. The van der Waals surface area contributed by atoms with Gasteiger partial charge in [-0.1, -0.05) is 6.07 Å². The van der Waals surface area contributed by atoms with Crippen molar-refractivity contribution in [3.05, 3.63) is 30.1 Å². The first-order valence-electron chi connectivity index (χ1n) is 5.40. The molecular formula is C12H16FNO3. The quantitative estimate of drug-likeness (QED) is 0.784. The Morgan fingerprint density at radius 1 is 1.59 bits per heavy atom. The summed E-state index contributed by atoms with van der Waals surface area (Å²) in [5.74, 6) is -0.184. The van der Waals surface area contributed by atoms with E-state index in [2.05, 4.69) is 5.32 Å². The number of carbonyl (C=O) groups excluding carboxylic acids is 1. The van der Waals surface area contributed by atoms with Crippen LogP contribution in [0.3, 0.4) is 0 Å². The molecule has 0 spiro atoms. The molecule has 1 amide bonds. The summed E-state index contributed by atoms with van der Waals surface area (Å²) in [6.45, 7) is 1.77. The standard InChI is InChI=1S/C12H16FNO3/c1-9(8-15)14-12(16)5-6-17-11-4-2-3-10(13)7-11/h2-4,7,9,15H,5-6,8H2,1H3,(H,14,16)/t9-/m0/s1. The maximum atomic E-state index is 12.8. The van der Waals surface area contributed by atoms with Crippen LogP contribution in [0.15, 0.2) is 24.3 Å². The summed E-state index contributed by atoms with van der Waals surface area (Å²) >= 11 is 0. The van der Waals surface area contributed by atoms with Gasteiger partial charge >= 0.3 is 0 Å². The molecule has 0 aliphatic rings. The van der Waals surface area contributed by atoms with Gasteiger partial charge < -0.3 is 15.2 Å². The van der Waals surface area contributed by atoms with Gasteiger partial charge in [0.25, 0.3) is 0 Å². The predicted molar refractivity (Wildman–Crippen MR) is 61.2 cm³/mol. The number of aliphatic hydroxyl groups excluding tert-OH is 1. The monoisotopic (exact) mass is 241 g/mol. The van der Waals surface area contributed by atoms with E-state index in [1.165, 1.54) is 12.1 Å². The van der Waals surface area contributed by atoms with Crippen molar-refractivity contribution in [3.63, 3.8) is 0 Å². The Bertz CT molecular complexity index is 371. The highest BCUT2D eigenvalue weighted by Crippen LogP contribution is 2.11. The van der Waals surface area contributed by atoms with Crippen molar-refractivity contribution in [2.24, 2.45) is 0 Å². The van der Waals surface area contributed by atoms with Crippen molar-refractivity contribution in [1.82, 2.24) is 5.32 Å². The Balaban J connectivity index is 2.26. The van der Waals surface area contributed by atoms with Crippen LogP contribution in [-0.2, 0) is 4.79 Å². The number of aliphatic hydroxyl groups is 1. The maximum absolute atomic E-state index is 12.8. The molecule has 4 nitrogen and oxygen atoms in total. The second-order valence-corrected chi connectivity index (χ2v) is 3.71. The zero-order valence-corrected chi connectivity index (χ0v) is 9.65. The lowest BCUT2D eigenvalue weighted by Gasteiger charge is -2.11. The van der Waals surface area contributed by atoms with Crippen molar-refractivity contribution in [2.75, 3.05) is 13.2 Å². The van der Waals surface area contributed by atoms with Gasteiger partial charge in [0, 0.05) is 12.1 Å². The first-order valence-corrected chi connectivity index (χ1v) is 5.40. The van der Waals surface area contributed by atoms with Crippen LogP contribution in [-0.4, -0.2) is 30.3 Å². The van der Waals surface area contributed by atoms with Gasteiger partial charge in [0.05, 0.1) is 19.6 Å². The van der Waals surface area contributed by atoms with Gasteiger partial charge in [0.2, 0.25) is 5.91 Å². The average molecular weight is 241 g/mol. The molecule has 1 atom stereocenters. The van der Waals surface area contributed by atoms with Gasteiger partial charge in [-0.25, -0.2) is 4.39 Å². The Hall–Kier alpha value is -1.62. The molecule has 0 saturated heterocycles. The number of amides is 1. The Labute approximate surface area is 99.4 Å². The molecule has 1 aromatic rings. The minimum Gasteiger partial charge on any atom is -0.493 e. The van der Waals surface area contributed by atoms with E-state index in [-0.39, 0.29) is 37.4 Å². The second kappa shape index (κ2) is 6.85. The summed E-state index contributed by atoms with van der Waals surface area (Å²) in [4.78, 5) is 11.3. The van der Waals surface area contributed by atoms with Gasteiger partial charge in [0.1, 0.15) is 11.6 Å². The number of benzene rings is 1. The van der Waals surface area contributed by atoms with Crippen LogP contribution in [0.4, 0.5) is 4.39 Å². The Kier molecular flexibility index (Phi) is 5.42. The largest absolute Gasteiger partial charge is 0.493 e. The molecule has 5 heteroatoms. The first kappa shape index (κ1) is 13.4. The molecule has 17 heavy (non-hydrogen) atoms. The fourth-order valence-electron chi connectivity index (χ4n) is 1.21. The van der Waals surface area contributed by atoms with Gasteiger partial charge in [0.15, 0.2) is 0 Å². The van der Waals surface area contributed by atoms with E-state index < -0.39 is 0 Å². The van der Waals surface area contributed by atoms with Gasteiger partial charge in [-0.2, -0.15) is 0 Å². The third kappa shape index (κ3) is 5.31. The number of hydrogen-bond acceptors (Lipinski definition) is 3. The SMILES string of the molecule is C[C@@H](CO)NC(=O)CCOc1cccc(F)c1. The minimum atomic E-state index is -0.374. The molecule has 0 heterocycles. The molecule has 2 N–H and O–H groups in total. The summed E-state index contributed by atoms with van der Waals surface area (Å²) in [7, 11) is 0. The number of rotatable bonds is 6. The van der Waals surface area contributed by atoms with E-state index in [4.69, 9.17) is 9.84 Å². The van der Waals surface area contributed by atoms with E-state index in [1.807, 2.05) is 0 Å². The van der Waals surface area contributed by atoms with E-state index >= 15 is 0 Å². The van der Waals surface area contributed by atoms with Crippen molar-refractivity contribution in [3.8, 4) is 5.75 Å². The van der Waals surface area contributed by atoms with E-state index in [0.717, 1.165) is 0 Å². The van der Waals surface area contributed by atoms with Crippen molar-refractivity contribution in [1.29, 1.82) is 0 Å². The van der Waals surface area contributed by atoms with Crippen LogP contribution < -0.4 is 10.1 Å². The topological polar surface area (TPSA) is 58.6 Å².